The van der Waals surface area contributed by atoms with E-state index in [4.69, 9.17) is 0 Å². The molecule has 4 aromatic rings. The molecule has 0 saturated carbocycles. The Kier molecular flexibility index (Phi) is 4.63. The zero-order chi connectivity index (χ0) is 19.5. The Morgan fingerprint density at radius 3 is 2.61 bits per heavy atom. The van der Waals surface area contributed by atoms with Crippen molar-refractivity contribution in [3.63, 3.8) is 0 Å². The monoisotopic (exact) mass is 374 g/mol. The van der Waals surface area contributed by atoms with E-state index in [1.807, 2.05) is 54.6 Å². The fourth-order valence-corrected chi connectivity index (χ4v) is 3.20. The number of hydrogen-bond acceptors (Lipinski definition) is 3. The first kappa shape index (κ1) is 17.5. The number of H-pyrrole nitrogens is 3. The zero-order valence-electron chi connectivity index (χ0n) is 14.8. The molecule has 0 aliphatic rings. The van der Waals surface area contributed by atoms with Gasteiger partial charge in [-0.2, -0.15) is 0 Å². The quantitative estimate of drug-likeness (QED) is 0.389. The smallest absolute Gasteiger partial charge is 0.328 e. The lowest BCUT2D eigenvalue weighted by Crippen LogP contribution is -2.21. The molecule has 0 aliphatic carbocycles. The van der Waals surface area contributed by atoms with Crippen LogP contribution in [0, 0.1) is 0 Å². The van der Waals surface area contributed by atoms with Crippen LogP contribution in [0.3, 0.4) is 0 Å². The third-order valence-electron chi connectivity index (χ3n) is 4.63. The summed E-state index contributed by atoms with van der Waals surface area (Å²) in [5, 5.41) is 15.9. The Balaban J connectivity index is 1.65. The molecule has 0 amide bonds. The van der Waals surface area contributed by atoms with E-state index in [1.165, 1.54) is 6.21 Å². The number of rotatable bonds is 6. The van der Waals surface area contributed by atoms with Crippen LogP contribution in [0.25, 0.3) is 22.2 Å². The highest BCUT2D eigenvalue weighted by molar-refractivity contribution is 5.90. The number of aromatic amines is 3. The van der Waals surface area contributed by atoms with Crippen LogP contribution in [-0.4, -0.2) is 38.5 Å². The second-order valence-corrected chi connectivity index (χ2v) is 6.43. The first-order valence-corrected chi connectivity index (χ1v) is 8.80. The van der Waals surface area contributed by atoms with Crippen LogP contribution in [0.4, 0.5) is 0 Å². The molecule has 0 fully saturated rings. The molecule has 0 unspecified atom stereocenters. The van der Waals surface area contributed by atoms with Crippen molar-refractivity contribution in [3.8, 4) is 11.3 Å². The van der Waals surface area contributed by atoms with Gasteiger partial charge in [-0.1, -0.05) is 48.5 Å². The molecular formula is C21H18N4O3. The van der Waals surface area contributed by atoms with Crippen molar-refractivity contribution in [1.82, 2.24) is 15.2 Å². The minimum atomic E-state index is -1.05. The van der Waals surface area contributed by atoms with Gasteiger partial charge in [0, 0.05) is 35.3 Å². The van der Waals surface area contributed by atoms with E-state index < -0.39 is 12.0 Å². The van der Waals surface area contributed by atoms with Crippen molar-refractivity contribution >= 4 is 23.1 Å². The average Bonchev–Trinajstić information content (AvgIpc) is 3.29. The average molecular weight is 374 g/mol. The van der Waals surface area contributed by atoms with Gasteiger partial charge in [-0.25, -0.2) is 4.79 Å². The van der Waals surface area contributed by atoms with Gasteiger partial charge in [0.2, 0.25) is 0 Å². The normalized spacial score (nSPS) is 12.6. The number of carboxylic acid groups (broad SMARTS) is 1. The lowest BCUT2D eigenvalue weighted by Gasteiger charge is -2.07. The van der Waals surface area contributed by atoms with Gasteiger partial charge in [0.05, 0.1) is 11.3 Å². The van der Waals surface area contributed by atoms with Crippen molar-refractivity contribution in [2.24, 2.45) is 4.99 Å². The molecule has 0 saturated heterocycles. The van der Waals surface area contributed by atoms with E-state index >= 15 is 0 Å². The van der Waals surface area contributed by atoms with Crippen LogP contribution >= 0.6 is 0 Å². The number of aromatic nitrogens is 3. The molecule has 2 aromatic heterocycles. The van der Waals surface area contributed by atoms with E-state index in [-0.39, 0.29) is 12.0 Å². The number of carboxylic acids is 1. The molecule has 4 N–H and O–H groups in total. The molecule has 0 aliphatic heterocycles. The first-order valence-electron chi connectivity index (χ1n) is 8.80. The Labute approximate surface area is 159 Å². The number of aliphatic carboxylic acids is 1. The maximum atomic E-state index is 12.2. The highest BCUT2D eigenvalue weighted by Gasteiger charge is 2.19. The molecule has 7 nitrogen and oxygen atoms in total. The van der Waals surface area contributed by atoms with E-state index in [0.29, 0.717) is 11.3 Å². The minimum Gasteiger partial charge on any atom is -0.480 e. The molecule has 28 heavy (non-hydrogen) atoms. The Morgan fingerprint density at radius 2 is 1.82 bits per heavy atom. The van der Waals surface area contributed by atoms with E-state index in [2.05, 4.69) is 20.2 Å². The summed E-state index contributed by atoms with van der Waals surface area (Å²) in [5.41, 5.74) is 3.15. The SMILES string of the molecule is O=C(O)[C@H](Cc1c[nH]c2ccccc12)N=Cc1c(-c2ccccc2)[nH][nH]c1=O. The van der Waals surface area contributed by atoms with E-state index in [0.717, 1.165) is 22.0 Å². The lowest BCUT2D eigenvalue weighted by atomic mass is 10.1. The summed E-state index contributed by atoms with van der Waals surface area (Å²) in [6.45, 7) is 0. The van der Waals surface area contributed by atoms with Gasteiger partial charge in [0.1, 0.15) is 0 Å². The van der Waals surface area contributed by atoms with Crippen molar-refractivity contribution in [3.05, 3.63) is 82.3 Å². The molecule has 1 atom stereocenters. The van der Waals surface area contributed by atoms with Crippen LogP contribution < -0.4 is 5.56 Å². The molecule has 140 valence electrons. The molecule has 0 radical (unpaired) electrons. The molecular weight excluding hydrogens is 356 g/mol. The van der Waals surface area contributed by atoms with Gasteiger partial charge in [-0.05, 0) is 11.6 Å². The molecule has 4 rings (SSSR count). The minimum absolute atomic E-state index is 0.221. The fraction of sp³-hybridized carbons (Fsp3) is 0.0952. The zero-order valence-corrected chi connectivity index (χ0v) is 14.8. The van der Waals surface area contributed by atoms with Gasteiger partial charge in [-0.3, -0.25) is 20.0 Å². The summed E-state index contributed by atoms with van der Waals surface area (Å²) < 4.78 is 0. The van der Waals surface area contributed by atoms with E-state index in [1.54, 1.807) is 6.20 Å². The molecule has 7 heteroatoms. The second kappa shape index (κ2) is 7.40. The van der Waals surface area contributed by atoms with Gasteiger partial charge in [0.15, 0.2) is 6.04 Å². The summed E-state index contributed by atoms with van der Waals surface area (Å²) in [4.78, 5) is 31.3. The van der Waals surface area contributed by atoms with Gasteiger partial charge in [0.25, 0.3) is 5.56 Å². The summed E-state index contributed by atoms with van der Waals surface area (Å²) in [5.74, 6) is -1.05. The molecule has 0 spiro atoms. The number of hydrogen-bond donors (Lipinski definition) is 4. The van der Waals surface area contributed by atoms with Crippen LogP contribution in [0.1, 0.15) is 11.1 Å². The third-order valence-corrected chi connectivity index (χ3v) is 4.63. The number of benzene rings is 2. The van der Waals surface area contributed by atoms with Crippen LogP contribution in [0.5, 0.6) is 0 Å². The third kappa shape index (κ3) is 3.37. The second-order valence-electron chi connectivity index (χ2n) is 6.43. The van der Waals surface area contributed by atoms with Crippen molar-refractivity contribution in [2.75, 3.05) is 0 Å². The van der Waals surface area contributed by atoms with Crippen molar-refractivity contribution in [1.29, 1.82) is 0 Å². The molecule has 2 heterocycles. The standard InChI is InChI=1S/C21H18N4O3/c26-20-16(19(24-25-20)13-6-2-1-3-7-13)12-23-18(21(27)28)10-14-11-22-17-9-5-4-8-15(14)17/h1-9,11-12,18,22H,10H2,(H,27,28)(H2,24,25,26)/t18-/m0/s1. The largest absolute Gasteiger partial charge is 0.480 e. The molecule has 0 bridgehead atoms. The predicted octanol–water partition coefficient (Wildman–Crippen LogP) is 2.97. The van der Waals surface area contributed by atoms with Gasteiger partial charge < -0.3 is 10.1 Å². The van der Waals surface area contributed by atoms with Crippen LogP contribution in [-0.2, 0) is 11.2 Å². The number of nitrogens with zero attached hydrogens (tertiary/aromatic N) is 1. The number of para-hydroxylation sites is 1. The topological polar surface area (TPSA) is 114 Å². The Hall–Kier alpha value is -3.87. The Bertz CT molecular complexity index is 1200. The van der Waals surface area contributed by atoms with E-state index in [9.17, 15) is 14.7 Å². The maximum absolute atomic E-state index is 12.2. The van der Waals surface area contributed by atoms with Crippen molar-refractivity contribution in [2.45, 2.75) is 12.5 Å². The number of fused-ring (bicyclic) bond motifs is 1. The Morgan fingerprint density at radius 1 is 1.07 bits per heavy atom. The first-order chi connectivity index (χ1) is 13.6. The summed E-state index contributed by atoms with van der Waals surface area (Å²) in [6.07, 6.45) is 3.36. The number of carbonyl (C=O) groups is 1. The highest BCUT2D eigenvalue weighted by Crippen LogP contribution is 2.21. The van der Waals surface area contributed by atoms with Crippen molar-refractivity contribution < 1.29 is 9.90 Å². The van der Waals surface area contributed by atoms with Crippen LogP contribution in [0.2, 0.25) is 0 Å². The lowest BCUT2D eigenvalue weighted by molar-refractivity contribution is -0.138. The van der Waals surface area contributed by atoms with Crippen LogP contribution in [0.15, 0.2) is 70.6 Å². The van der Waals surface area contributed by atoms with Gasteiger partial charge >= 0.3 is 5.97 Å². The summed E-state index contributed by atoms with van der Waals surface area (Å²) >= 11 is 0. The predicted molar refractivity (Wildman–Crippen MR) is 108 cm³/mol. The summed E-state index contributed by atoms with van der Waals surface area (Å²) in [7, 11) is 0. The maximum Gasteiger partial charge on any atom is 0.328 e. The molecule has 2 aromatic carbocycles. The fourth-order valence-electron chi connectivity index (χ4n) is 3.20. The highest BCUT2D eigenvalue weighted by atomic mass is 16.4. The van der Waals surface area contributed by atoms with Gasteiger partial charge in [-0.15, -0.1) is 0 Å². The number of aliphatic imine (C=N–C) groups is 1. The summed E-state index contributed by atoms with van der Waals surface area (Å²) in [6, 6.07) is 16.0. The number of nitrogens with one attached hydrogen (secondary N) is 3.